The van der Waals surface area contributed by atoms with Gasteiger partial charge in [-0.1, -0.05) is 19.1 Å². The topological polar surface area (TPSA) is 200 Å². The summed E-state index contributed by atoms with van der Waals surface area (Å²) in [5, 5.41) is 43.7. The molecule has 56 heavy (non-hydrogen) atoms. The number of likely N-dealkylation sites (N-methyl/N-ethyl adjacent to an activating group) is 1. The number of aromatic hydroxyl groups is 1. The third-order valence-corrected chi connectivity index (χ3v) is 12.2. The van der Waals surface area contributed by atoms with Crippen molar-refractivity contribution in [2.24, 2.45) is 0 Å². The lowest BCUT2D eigenvalue weighted by molar-refractivity contribution is -0.320. The molecule has 306 valence electrons. The van der Waals surface area contributed by atoms with E-state index in [-0.39, 0.29) is 66.0 Å². The third kappa shape index (κ3) is 7.54. The molecule has 3 fully saturated rings. The van der Waals surface area contributed by atoms with Crippen LogP contribution in [0.15, 0.2) is 30.3 Å². The van der Waals surface area contributed by atoms with Crippen LogP contribution >= 0.6 is 0 Å². The van der Waals surface area contributed by atoms with E-state index in [9.17, 15) is 34.8 Å². The zero-order valence-electron chi connectivity index (χ0n) is 32.6. The Bertz CT molecular complexity index is 1810. The van der Waals surface area contributed by atoms with Crippen molar-refractivity contribution in [1.29, 1.82) is 0 Å². The highest BCUT2D eigenvalue weighted by Gasteiger charge is 2.52. The number of ketones is 2. The lowest BCUT2D eigenvalue weighted by Gasteiger charge is -2.46. The lowest BCUT2D eigenvalue weighted by atomic mass is 9.67. The SMILES string of the molecule is CC[C@@]1(O)C[C@H](O[C@H]2C[C@H](N(C)C)[C@H](O[C@H]3C[C@H](O)[C@H](O[C@H]4CC[C@@H](O)[C@H](C)O4)[C@H](C)O3)CO2)c2cc3c(cc2[C@@H]1C(=O)OC)C(=O)c1cccc(O)c1C3=O. The van der Waals surface area contributed by atoms with Crippen molar-refractivity contribution in [3.63, 3.8) is 0 Å². The second-order valence-electron chi connectivity index (χ2n) is 15.9. The normalized spacial score (nSPS) is 37.1. The van der Waals surface area contributed by atoms with Crippen molar-refractivity contribution in [3.05, 3.63) is 63.7 Å². The number of carbonyl (C=O) groups is 3. The number of rotatable bonds is 9. The van der Waals surface area contributed by atoms with Crippen molar-refractivity contribution in [3.8, 4) is 5.75 Å². The molecule has 0 amide bonds. The highest BCUT2D eigenvalue weighted by molar-refractivity contribution is 6.29. The van der Waals surface area contributed by atoms with Gasteiger partial charge in [-0.15, -0.1) is 0 Å². The number of methoxy groups -OCH3 is 1. The maximum Gasteiger partial charge on any atom is 0.316 e. The highest BCUT2D eigenvalue weighted by Crippen LogP contribution is 2.50. The molecule has 3 aliphatic heterocycles. The molecule has 2 aromatic carbocycles. The van der Waals surface area contributed by atoms with Crippen LogP contribution in [0.4, 0.5) is 0 Å². The van der Waals surface area contributed by atoms with Crippen LogP contribution in [-0.2, 0) is 38.0 Å². The zero-order valence-corrected chi connectivity index (χ0v) is 32.6. The fraction of sp³-hybridized carbons (Fsp3) is 0.634. The van der Waals surface area contributed by atoms with Crippen molar-refractivity contribution >= 4 is 17.5 Å². The third-order valence-electron chi connectivity index (χ3n) is 12.2. The summed E-state index contributed by atoms with van der Waals surface area (Å²) in [4.78, 5) is 42.9. The van der Waals surface area contributed by atoms with Crippen LogP contribution in [0.2, 0.25) is 0 Å². The van der Waals surface area contributed by atoms with E-state index in [0.29, 0.717) is 30.4 Å². The summed E-state index contributed by atoms with van der Waals surface area (Å²) in [5.74, 6) is -3.21. The van der Waals surface area contributed by atoms with Gasteiger partial charge in [0.05, 0.1) is 61.5 Å². The molecular weight excluding hydrogens is 730 g/mol. The largest absolute Gasteiger partial charge is 0.507 e. The summed E-state index contributed by atoms with van der Waals surface area (Å²) in [7, 11) is 5.04. The van der Waals surface area contributed by atoms with E-state index < -0.39 is 84.5 Å². The number of carbonyl (C=O) groups excluding carboxylic acids is 3. The van der Waals surface area contributed by atoms with Gasteiger partial charge in [-0.2, -0.15) is 0 Å². The van der Waals surface area contributed by atoms with Crippen LogP contribution in [0, 0.1) is 0 Å². The number of nitrogens with zero attached hydrogens (tertiary/aromatic N) is 1. The Morgan fingerprint density at radius 3 is 2.29 bits per heavy atom. The van der Waals surface area contributed by atoms with Gasteiger partial charge in [0.15, 0.2) is 30.4 Å². The van der Waals surface area contributed by atoms with Gasteiger partial charge in [-0.05, 0) is 70.1 Å². The maximum atomic E-state index is 13.8. The molecule has 0 bridgehead atoms. The van der Waals surface area contributed by atoms with Gasteiger partial charge >= 0.3 is 5.97 Å². The molecule has 15 nitrogen and oxygen atoms in total. The summed E-state index contributed by atoms with van der Waals surface area (Å²) >= 11 is 0. The smallest absolute Gasteiger partial charge is 0.316 e. The molecule has 2 aliphatic carbocycles. The number of ether oxygens (including phenoxy) is 7. The van der Waals surface area contributed by atoms with E-state index in [1.807, 2.05) is 25.9 Å². The molecule has 0 saturated carbocycles. The minimum Gasteiger partial charge on any atom is -0.507 e. The number of aliphatic hydroxyl groups excluding tert-OH is 2. The first-order valence-electron chi connectivity index (χ1n) is 19.4. The summed E-state index contributed by atoms with van der Waals surface area (Å²) in [6, 6.07) is 7.08. The van der Waals surface area contributed by atoms with Crippen molar-refractivity contribution in [1.82, 2.24) is 4.90 Å². The second-order valence-corrected chi connectivity index (χ2v) is 15.9. The van der Waals surface area contributed by atoms with Crippen LogP contribution in [0.5, 0.6) is 5.75 Å². The van der Waals surface area contributed by atoms with Gasteiger partial charge in [-0.25, -0.2) is 0 Å². The van der Waals surface area contributed by atoms with Crippen molar-refractivity contribution in [2.45, 2.75) is 138 Å². The van der Waals surface area contributed by atoms with E-state index in [1.165, 1.54) is 37.4 Å². The number of fused-ring (bicyclic) bond motifs is 3. The second kappa shape index (κ2) is 16.1. The number of benzene rings is 2. The summed E-state index contributed by atoms with van der Waals surface area (Å²) in [6.07, 6.45) is -4.81. The maximum absolute atomic E-state index is 13.8. The van der Waals surface area contributed by atoms with Crippen LogP contribution < -0.4 is 0 Å². The zero-order chi connectivity index (χ0) is 40.2. The minimum absolute atomic E-state index is 0.0359. The predicted octanol–water partition coefficient (Wildman–Crippen LogP) is 2.86. The summed E-state index contributed by atoms with van der Waals surface area (Å²) in [5.41, 5.74) is -0.812. The molecule has 15 heteroatoms. The van der Waals surface area contributed by atoms with Gasteiger partial charge in [-0.3, -0.25) is 14.4 Å². The molecule has 2 aromatic rings. The molecular formula is C41H53NO14. The number of hydrogen-bond acceptors (Lipinski definition) is 15. The van der Waals surface area contributed by atoms with E-state index in [1.54, 1.807) is 13.8 Å². The molecule has 0 aromatic heterocycles. The van der Waals surface area contributed by atoms with E-state index >= 15 is 0 Å². The first-order chi connectivity index (χ1) is 26.6. The molecule has 3 saturated heterocycles. The van der Waals surface area contributed by atoms with Gasteiger partial charge in [0, 0.05) is 48.4 Å². The molecule has 0 radical (unpaired) electrons. The Balaban J connectivity index is 1.09. The molecule has 7 rings (SSSR count). The monoisotopic (exact) mass is 783 g/mol. The van der Waals surface area contributed by atoms with Crippen LogP contribution in [-0.4, -0.2) is 138 Å². The number of phenols is 1. The number of esters is 1. The van der Waals surface area contributed by atoms with Crippen LogP contribution in [0.25, 0.3) is 0 Å². The molecule has 5 aliphatic rings. The number of aliphatic hydroxyl groups is 3. The van der Waals surface area contributed by atoms with Crippen LogP contribution in [0.1, 0.15) is 114 Å². The molecule has 0 spiro atoms. The Morgan fingerprint density at radius 2 is 1.61 bits per heavy atom. The fourth-order valence-electron chi connectivity index (χ4n) is 8.95. The average Bonchev–Trinajstić information content (AvgIpc) is 3.16. The quantitative estimate of drug-likeness (QED) is 0.231. The Morgan fingerprint density at radius 1 is 0.893 bits per heavy atom. The standard InChI is InChI=1S/C41H53NO14/c1-7-41(49)17-30(22-13-25-24(14-23(22)36(41)40(48)50-6)37(46)21-9-8-10-28(44)35(21)38(25)47)54-33-15-26(42(4)5)31(18-51-33)55-34-16-29(45)39(20(3)53-34)56-32-12-11-27(43)19(2)52-32/h8-10,13-14,19-20,26-27,29-34,36,39,43-45,49H,7,11-12,15-18H2,1-6H3/t19-,20-,26-,27+,29-,30-,31+,32-,33-,34-,36+,39+,41+/m0/s1. The Labute approximate surface area is 325 Å². The van der Waals surface area contributed by atoms with Crippen molar-refractivity contribution < 1.29 is 68.0 Å². The molecule has 0 unspecified atom stereocenters. The molecule has 3 heterocycles. The van der Waals surface area contributed by atoms with Gasteiger partial charge in [0.1, 0.15) is 17.8 Å². The van der Waals surface area contributed by atoms with Crippen LogP contribution in [0.3, 0.4) is 0 Å². The van der Waals surface area contributed by atoms with Gasteiger partial charge in [0.2, 0.25) is 0 Å². The van der Waals surface area contributed by atoms with Crippen molar-refractivity contribution in [2.75, 3.05) is 27.8 Å². The van der Waals surface area contributed by atoms with Gasteiger partial charge in [0.25, 0.3) is 0 Å². The molecule has 13 atom stereocenters. The first-order valence-corrected chi connectivity index (χ1v) is 19.4. The number of phenolic OH excluding ortho intramolecular Hbond substituents is 1. The first kappa shape index (κ1) is 40.8. The fourth-order valence-corrected chi connectivity index (χ4v) is 8.95. The average molecular weight is 784 g/mol. The Hall–Kier alpha value is -3.35. The minimum atomic E-state index is -1.63. The van der Waals surface area contributed by atoms with E-state index in [4.69, 9.17) is 33.2 Å². The number of hydrogen-bond donors (Lipinski definition) is 4. The predicted molar refractivity (Wildman–Crippen MR) is 196 cm³/mol. The lowest BCUT2D eigenvalue weighted by Crippen LogP contribution is -2.56. The Kier molecular flexibility index (Phi) is 11.8. The van der Waals surface area contributed by atoms with Gasteiger partial charge < -0.3 is 58.5 Å². The summed E-state index contributed by atoms with van der Waals surface area (Å²) in [6.45, 7) is 5.44. The molecule has 4 N–H and O–H groups in total. The van der Waals surface area contributed by atoms with E-state index in [0.717, 1.165) is 0 Å². The van der Waals surface area contributed by atoms with E-state index in [2.05, 4.69) is 0 Å². The highest BCUT2D eigenvalue weighted by atomic mass is 16.7. The summed E-state index contributed by atoms with van der Waals surface area (Å²) < 4.78 is 42.5.